The molecule has 0 unspecified atom stereocenters. The minimum atomic E-state index is -0.285. The van der Waals surface area contributed by atoms with Gasteiger partial charge in [-0.1, -0.05) is 6.92 Å². The van der Waals surface area contributed by atoms with E-state index in [2.05, 4.69) is 5.32 Å². The minimum absolute atomic E-state index is 0.0304. The SMILES string of the molecule is CCN(CC(=O)NC(C)C)CC(OC)OC. The third-order valence-corrected chi connectivity index (χ3v) is 2.20. The molecule has 0 atom stereocenters. The van der Waals surface area contributed by atoms with Crippen molar-refractivity contribution in [2.24, 2.45) is 0 Å². The predicted octanol–water partition coefficient (Wildman–Crippen LogP) is 0.452. The zero-order valence-electron chi connectivity index (χ0n) is 10.9. The lowest BCUT2D eigenvalue weighted by Gasteiger charge is -2.24. The van der Waals surface area contributed by atoms with Crippen molar-refractivity contribution < 1.29 is 14.3 Å². The lowest BCUT2D eigenvalue weighted by Crippen LogP contribution is -2.43. The fourth-order valence-electron chi connectivity index (χ4n) is 1.33. The van der Waals surface area contributed by atoms with Crippen molar-refractivity contribution >= 4 is 5.91 Å². The van der Waals surface area contributed by atoms with Crippen LogP contribution in [-0.2, 0) is 14.3 Å². The highest BCUT2D eigenvalue weighted by Gasteiger charge is 2.14. The third-order valence-electron chi connectivity index (χ3n) is 2.20. The molecule has 0 rings (SSSR count). The zero-order chi connectivity index (χ0) is 12.6. The molecule has 0 aromatic rings. The molecule has 0 aliphatic rings. The number of methoxy groups -OCH3 is 2. The fourth-order valence-corrected chi connectivity index (χ4v) is 1.33. The van der Waals surface area contributed by atoms with E-state index < -0.39 is 0 Å². The second-order valence-electron chi connectivity index (χ2n) is 3.95. The van der Waals surface area contributed by atoms with Crippen LogP contribution >= 0.6 is 0 Å². The quantitative estimate of drug-likeness (QED) is 0.617. The van der Waals surface area contributed by atoms with Gasteiger partial charge in [0.15, 0.2) is 6.29 Å². The van der Waals surface area contributed by atoms with Gasteiger partial charge in [0.1, 0.15) is 0 Å². The Balaban J connectivity index is 4.03. The molecule has 16 heavy (non-hydrogen) atoms. The van der Waals surface area contributed by atoms with Crippen molar-refractivity contribution in [2.45, 2.75) is 33.1 Å². The van der Waals surface area contributed by atoms with Crippen LogP contribution < -0.4 is 5.32 Å². The van der Waals surface area contributed by atoms with Gasteiger partial charge >= 0.3 is 0 Å². The van der Waals surface area contributed by atoms with Gasteiger partial charge in [0.25, 0.3) is 0 Å². The van der Waals surface area contributed by atoms with Crippen LogP contribution in [0.25, 0.3) is 0 Å². The van der Waals surface area contributed by atoms with Gasteiger partial charge in [-0.05, 0) is 20.4 Å². The number of nitrogens with one attached hydrogen (secondary N) is 1. The number of carbonyl (C=O) groups excluding carboxylic acids is 1. The summed E-state index contributed by atoms with van der Waals surface area (Å²) >= 11 is 0. The van der Waals surface area contributed by atoms with Crippen molar-refractivity contribution in [3.8, 4) is 0 Å². The van der Waals surface area contributed by atoms with E-state index in [1.807, 2.05) is 25.7 Å². The Morgan fingerprint density at radius 2 is 1.88 bits per heavy atom. The van der Waals surface area contributed by atoms with Crippen molar-refractivity contribution in [3.05, 3.63) is 0 Å². The van der Waals surface area contributed by atoms with Gasteiger partial charge in [0.2, 0.25) is 5.91 Å². The number of hydrogen-bond acceptors (Lipinski definition) is 4. The molecule has 1 amide bonds. The number of rotatable bonds is 8. The van der Waals surface area contributed by atoms with Crippen LogP contribution in [0.1, 0.15) is 20.8 Å². The van der Waals surface area contributed by atoms with Crippen LogP contribution in [0.2, 0.25) is 0 Å². The molecule has 0 fully saturated rings. The van der Waals surface area contributed by atoms with Crippen LogP contribution in [0, 0.1) is 0 Å². The number of amides is 1. The number of ether oxygens (including phenoxy) is 2. The first kappa shape index (κ1) is 15.3. The molecular formula is C11H24N2O3. The van der Waals surface area contributed by atoms with E-state index in [1.54, 1.807) is 14.2 Å². The summed E-state index contributed by atoms with van der Waals surface area (Å²) in [6.07, 6.45) is -0.285. The average molecular weight is 232 g/mol. The molecule has 0 saturated carbocycles. The summed E-state index contributed by atoms with van der Waals surface area (Å²) in [5, 5.41) is 2.85. The maximum absolute atomic E-state index is 11.5. The Bertz CT molecular complexity index is 194. The Morgan fingerprint density at radius 3 is 2.25 bits per heavy atom. The van der Waals surface area contributed by atoms with Crippen LogP contribution in [0.5, 0.6) is 0 Å². The first-order valence-electron chi connectivity index (χ1n) is 5.60. The molecule has 0 radical (unpaired) electrons. The van der Waals surface area contributed by atoms with E-state index in [9.17, 15) is 4.79 Å². The molecular weight excluding hydrogens is 208 g/mol. The highest BCUT2D eigenvalue weighted by Crippen LogP contribution is 1.97. The zero-order valence-corrected chi connectivity index (χ0v) is 10.9. The summed E-state index contributed by atoms with van der Waals surface area (Å²) in [5.74, 6) is 0.0304. The fraction of sp³-hybridized carbons (Fsp3) is 0.909. The number of nitrogens with zero attached hydrogens (tertiary/aromatic N) is 1. The topological polar surface area (TPSA) is 50.8 Å². The molecule has 0 bridgehead atoms. The standard InChI is InChI=1S/C11H24N2O3/c1-6-13(8-11(15-4)16-5)7-10(14)12-9(2)3/h9,11H,6-8H2,1-5H3,(H,12,14). The Morgan fingerprint density at radius 1 is 1.31 bits per heavy atom. The maximum Gasteiger partial charge on any atom is 0.234 e. The van der Waals surface area contributed by atoms with Crippen molar-refractivity contribution in [2.75, 3.05) is 33.9 Å². The Labute approximate surface area is 98.1 Å². The average Bonchev–Trinajstić information content (AvgIpc) is 2.22. The molecule has 0 heterocycles. The maximum atomic E-state index is 11.5. The molecule has 1 N–H and O–H groups in total. The van der Waals surface area contributed by atoms with E-state index in [0.29, 0.717) is 13.1 Å². The van der Waals surface area contributed by atoms with Crippen molar-refractivity contribution in [3.63, 3.8) is 0 Å². The third kappa shape index (κ3) is 6.76. The van der Waals surface area contributed by atoms with Gasteiger partial charge in [-0.2, -0.15) is 0 Å². The molecule has 0 aromatic carbocycles. The van der Waals surface area contributed by atoms with Gasteiger partial charge < -0.3 is 14.8 Å². The van der Waals surface area contributed by atoms with Crippen LogP contribution in [0.3, 0.4) is 0 Å². The first-order chi connectivity index (χ1) is 7.53. The smallest absolute Gasteiger partial charge is 0.234 e. The minimum Gasteiger partial charge on any atom is -0.355 e. The molecule has 96 valence electrons. The molecule has 5 heteroatoms. The summed E-state index contributed by atoms with van der Waals surface area (Å²) in [6, 6.07) is 0.173. The molecule has 0 aliphatic heterocycles. The Kier molecular flexibility index (Phi) is 8.15. The summed E-state index contributed by atoms with van der Waals surface area (Å²) in [7, 11) is 3.19. The van der Waals surface area contributed by atoms with Gasteiger partial charge in [-0.15, -0.1) is 0 Å². The summed E-state index contributed by atoms with van der Waals surface area (Å²) in [6.45, 7) is 7.65. The summed E-state index contributed by atoms with van der Waals surface area (Å²) in [5.41, 5.74) is 0. The summed E-state index contributed by atoms with van der Waals surface area (Å²) in [4.78, 5) is 13.5. The number of carbonyl (C=O) groups is 1. The monoisotopic (exact) mass is 232 g/mol. The van der Waals surface area contributed by atoms with Gasteiger partial charge in [-0.25, -0.2) is 0 Å². The molecule has 0 aliphatic carbocycles. The summed E-state index contributed by atoms with van der Waals surface area (Å²) < 4.78 is 10.2. The Hall–Kier alpha value is -0.650. The van der Waals surface area contributed by atoms with Gasteiger partial charge in [0.05, 0.1) is 6.54 Å². The lowest BCUT2D eigenvalue weighted by molar-refractivity contribution is -0.129. The van der Waals surface area contributed by atoms with E-state index >= 15 is 0 Å². The molecule has 0 saturated heterocycles. The first-order valence-corrected chi connectivity index (χ1v) is 5.60. The molecule has 0 spiro atoms. The lowest BCUT2D eigenvalue weighted by atomic mass is 10.3. The van der Waals surface area contributed by atoms with Crippen LogP contribution in [0.15, 0.2) is 0 Å². The second kappa shape index (κ2) is 8.50. The number of hydrogen-bond donors (Lipinski definition) is 1. The van der Waals surface area contributed by atoms with Crippen LogP contribution in [0.4, 0.5) is 0 Å². The number of likely N-dealkylation sites (N-methyl/N-ethyl adjacent to an activating group) is 1. The van der Waals surface area contributed by atoms with Gasteiger partial charge in [0, 0.05) is 26.8 Å². The van der Waals surface area contributed by atoms with E-state index in [4.69, 9.17) is 9.47 Å². The van der Waals surface area contributed by atoms with Crippen LogP contribution in [-0.4, -0.2) is 57.0 Å². The van der Waals surface area contributed by atoms with Crippen molar-refractivity contribution in [1.29, 1.82) is 0 Å². The van der Waals surface area contributed by atoms with Crippen molar-refractivity contribution in [1.82, 2.24) is 10.2 Å². The normalized spacial score (nSPS) is 11.5. The highest BCUT2D eigenvalue weighted by molar-refractivity contribution is 5.78. The second-order valence-corrected chi connectivity index (χ2v) is 3.95. The molecule has 0 aromatic heterocycles. The largest absolute Gasteiger partial charge is 0.355 e. The predicted molar refractivity (Wildman–Crippen MR) is 63.2 cm³/mol. The van der Waals surface area contributed by atoms with Gasteiger partial charge in [-0.3, -0.25) is 9.69 Å². The molecule has 5 nitrogen and oxygen atoms in total. The van der Waals surface area contributed by atoms with E-state index in [0.717, 1.165) is 6.54 Å². The van der Waals surface area contributed by atoms with E-state index in [1.165, 1.54) is 0 Å². The van der Waals surface area contributed by atoms with E-state index in [-0.39, 0.29) is 18.2 Å². The highest BCUT2D eigenvalue weighted by atomic mass is 16.7.